The van der Waals surface area contributed by atoms with Crippen LogP contribution in [0.4, 0.5) is 0 Å². The lowest BCUT2D eigenvalue weighted by Gasteiger charge is -2.25. The molecule has 0 spiro atoms. The van der Waals surface area contributed by atoms with Crippen LogP contribution in [0, 0.1) is 11.8 Å². The third kappa shape index (κ3) is 3.60. The highest BCUT2D eigenvalue weighted by atomic mass is 16.1. The summed E-state index contributed by atoms with van der Waals surface area (Å²) in [6, 6.07) is 0. The molecule has 1 saturated carbocycles. The van der Waals surface area contributed by atoms with E-state index < -0.39 is 0 Å². The molecule has 1 aliphatic heterocycles. The average molecular weight is 209 g/mol. The summed E-state index contributed by atoms with van der Waals surface area (Å²) < 4.78 is 0. The van der Waals surface area contributed by atoms with Crippen molar-refractivity contribution in [3.05, 3.63) is 0 Å². The topological polar surface area (TPSA) is 29.1 Å². The van der Waals surface area contributed by atoms with Gasteiger partial charge in [-0.05, 0) is 44.2 Å². The smallest absolute Gasteiger partial charge is 0.133 e. The second kappa shape index (κ2) is 5.64. The van der Waals surface area contributed by atoms with Gasteiger partial charge in [0, 0.05) is 12.8 Å². The van der Waals surface area contributed by atoms with Crippen LogP contribution in [-0.2, 0) is 4.79 Å². The summed E-state index contributed by atoms with van der Waals surface area (Å²) in [5.41, 5.74) is 0. The van der Waals surface area contributed by atoms with E-state index >= 15 is 0 Å². The van der Waals surface area contributed by atoms with Gasteiger partial charge in [0.05, 0.1) is 0 Å². The van der Waals surface area contributed by atoms with Crippen molar-refractivity contribution in [1.29, 1.82) is 0 Å². The molecule has 2 rings (SSSR count). The molecule has 2 aliphatic rings. The first kappa shape index (κ1) is 11.1. The summed E-state index contributed by atoms with van der Waals surface area (Å²) in [4.78, 5) is 11.7. The summed E-state index contributed by atoms with van der Waals surface area (Å²) in [7, 11) is 0. The van der Waals surface area contributed by atoms with Crippen LogP contribution >= 0.6 is 0 Å². The zero-order valence-electron chi connectivity index (χ0n) is 9.63. The minimum Gasteiger partial charge on any atom is -0.316 e. The van der Waals surface area contributed by atoms with Crippen LogP contribution in [0.15, 0.2) is 0 Å². The van der Waals surface area contributed by atoms with Gasteiger partial charge < -0.3 is 5.32 Å². The molecule has 1 N–H and O–H groups in total. The van der Waals surface area contributed by atoms with E-state index in [4.69, 9.17) is 0 Å². The molecule has 86 valence electrons. The van der Waals surface area contributed by atoms with E-state index in [-0.39, 0.29) is 0 Å². The van der Waals surface area contributed by atoms with Gasteiger partial charge in [0.15, 0.2) is 0 Å². The normalized spacial score (nSPS) is 27.3. The Bertz CT molecular complexity index is 205. The Morgan fingerprint density at radius 2 is 1.93 bits per heavy atom. The standard InChI is InChI=1S/C13H23NO/c15-13(9-11-3-1-4-11)7-6-12-5-2-8-14-10-12/h11-12,14H,1-10H2. The van der Waals surface area contributed by atoms with Gasteiger partial charge in [-0.25, -0.2) is 0 Å². The van der Waals surface area contributed by atoms with Crippen LogP contribution in [-0.4, -0.2) is 18.9 Å². The molecule has 1 heterocycles. The largest absolute Gasteiger partial charge is 0.316 e. The van der Waals surface area contributed by atoms with Crippen LogP contribution in [0.3, 0.4) is 0 Å². The van der Waals surface area contributed by atoms with Gasteiger partial charge >= 0.3 is 0 Å². The Hall–Kier alpha value is -0.370. The Morgan fingerprint density at radius 3 is 2.53 bits per heavy atom. The van der Waals surface area contributed by atoms with Gasteiger partial charge in [-0.2, -0.15) is 0 Å². The Labute approximate surface area is 92.8 Å². The molecule has 0 radical (unpaired) electrons. The lowest BCUT2D eigenvalue weighted by atomic mass is 9.81. The van der Waals surface area contributed by atoms with Crippen molar-refractivity contribution in [2.45, 2.75) is 51.4 Å². The highest BCUT2D eigenvalue weighted by Crippen LogP contribution is 2.30. The van der Waals surface area contributed by atoms with Gasteiger partial charge in [-0.3, -0.25) is 4.79 Å². The molecule has 0 aromatic heterocycles. The molecule has 0 aromatic rings. The maximum absolute atomic E-state index is 11.7. The minimum absolute atomic E-state index is 0.519. The molecule has 2 heteroatoms. The molecule has 2 fully saturated rings. The van der Waals surface area contributed by atoms with E-state index in [0.717, 1.165) is 37.6 Å². The monoisotopic (exact) mass is 209 g/mol. The molecule has 0 bridgehead atoms. The van der Waals surface area contributed by atoms with Gasteiger partial charge in [0.25, 0.3) is 0 Å². The summed E-state index contributed by atoms with van der Waals surface area (Å²) >= 11 is 0. The lowest BCUT2D eigenvalue weighted by molar-refractivity contribution is -0.120. The van der Waals surface area contributed by atoms with E-state index in [2.05, 4.69) is 5.32 Å². The fraction of sp³-hybridized carbons (Fsp3) is 0.923. The van der Waals surface area contributed by atoms with Gasteiger partial charge in [-0.15, -0.1) is 0 Å². The number of rotatable bonds is 5. The number of carbonyl (C=O) groups is 1. The maximum Gasteiger partial charge on any atom is 0.133 e. The first-order chi connectivity index (χ1) is 7.34. The molecule has 1 aliphatic carbocycles. The Balaban J connectivity index is 1.57. The molecule has 2 nitrogen and oxygen atoms in total. The first-order valence-corrected chi connectivity index (χ1v) is 6.57. The molecule has 1 saturated heterocycles. The summed E-state index contributed by atoms with van der Waals surface area (Å²) in [5, 5.41) is 3.41. The fourth-order valence-electron chi connectivity index (χ4n) is 2.66. The molecule has 0 aromatic carbocycles. The maximum atomic E-state index is 11.7. The number of Topliss-reactive ketones (excluding diaryl/α,β-unsaturated/α-hetero) is 1. The second-order valence-electron chi connectivity index (χ2n) is 5.29. The summed E-state index contributed by atoms with van der Waals surface area (Å²) in [6.07, 6.45) is 9.41. The van der Waals surface area contributed by atoms with Crippen molar-refractivity contribution in [2.75, 3.05) is 13.1 Å². The van der Waals surface area contributed by atoms with Gasteiger partial charge in [-0.1, -0.05) is 19.3 Å². The molecule has 0 amide bonds. The van der Waals surface area contributed by atoms with Crippen LogP contribution < -0.4 is 5.32 Å². The molecule has 1 unspecified atom stereocenters. The van der Waals surface area contributed by atoms with Crippen molar-refractivity contribution in [3.8, 4) is 0 Å². The number of nitrogens with one attached hydrogen (secondary N) is 1. The number of ketones is 1. The van der Waals surface area contributed by atoms with E-state index in [0.29, 0.717) is 5.78 Å². The Morgan fingerprint density at radius 1 is 1.13 bits per heavy atom. The van der Waals surface area contributed by atoms with Crippen molar-refractivity contribution < 1.29 is 4.79 Å². The highest BCUT2D eigenvalue weighted by Gasteiger charge is 2.21. The van der Waals surface area contributed by atoms with E-state index in [1.807, 2.05) is 0 Å². The highest BCUT2D eigenvalue weighted by molar-refractivity contribution is 5.78. The summed E-state index contributed by atoms with van der Waals surface area (Å²) in [5.74, 6) is 2.04. The lowest BCUT2D eigenvalue weighted by Crippen LogP contribution is -2.30. The predicted molar refractivity (Wildman–Crippen MR) is 61.8 cm³/mol. The van der Waals surface area contributed by atoms with Gasteiger partial charge in [0.1, 0.15) is 5.78 Å². The number of carbonyl (C=O) groups excluding carboxylic acids is 1. The van der Waals surface area contributed by atoms with Crippen molar-refractivity contribution >= 4 is 5.78 Å². The third-order valence-corrected chi connectivity index (χ3v) is 3.97. The second-order valence-corrected chi connectivity index (χ2v) is 5.29. The predicted octanol–water partition coefficient (Wildman–Crippen LogP) is 2.53. The zero-order valence-corrected chi connectivity index (χ0v) is 9.63. The Kier molecular flexibility index (Phi) is 4.18. The summed E-state index contributed by atoms with van der Waals surface area (Å²) in [6.45, 7) is 2.31. The SMILES string of the molecule is O=C(CCC1CCCNC1)CC1CCC1. The van der Waals surface area contributed by atoms with E-state index in [9.17, 15) is 4.79 Å². The molecular formula is C13H23NO. The van der Waals surface area contributed by atoms with Crippen LogP contribution in [0.5, 0.6) is 0 Å². The number of hydrogen-bond acceptors (Lipinski definition) is 2. The molecular weight excluding hydrogens is 186 g/mol. The average Bonchev–Trinajstić information content (AvgIpc) is 2.22. The van der Waals surface area contributed by atoms with Crippen molar-refractivity contribution in [1.82, 2.24) is 5.32 Å². The van der Waals surface area contributed by atoms with Crippen LogP contribution in [0.2, 0.25) is 0 Å². The van der Waals surface area contributed by atoms with Crippen molar-refractivity contribution in [2.24, 2.45) is 11.8 Å². The zero-order chi connectivity index (χ0) is 10.5. The van der Waals surface area contributed by atoms with Gasteiger partial charge in [0.2, 0.25) is 0 Å². The quantitative estimate of drug-likeness (QED) is 0.754. The molecule has 15 heavy (non-hydrogen) atoms. The third-order valence-electron chi connectivity index (χ3n) is 3.97. The first-order valence-electron chi connectivity index (χ1n) is 6.57. The number of hydrogen-bond donors (Lipinski definition) is 1. The minimum atomic E-state index is 0.519. The van der Waals surface area contributed by atoms with Crippen molar-refractivity contribution in [3.63, 3.8) is 0 Å². The fourth-order valence-corrected chi connectivity index (χ4v) is 2.66. The van der Waals surface area contributed by atoms with E-state index in [1.165, 1.54) is 38.6 Å². The number of piperidine rings is 1. The molecule has 1 atom stereocenters. The van der Waals surface area contributed by atoms with Crippen LogP contribution in [0.25, 0.3) is 0 Å². The van der Waals surface area contributed by atoms with Crippen LogP contribution in [0.1, 0.15) is 51.4 Å². The van der Waals surface area contributed by atoms with E-state index in [1.54, 1.807) is 0 Å².